The topological polar surface area (TPSA) is 79.7 Å². The molecule has 0 radical (unpaired) electrons. The molecule has 1 N–H and O–H groups in total. The normalized spacial score (nSPS) is 19.2. The number of thiazole rings is 1. The Kier molecular flexibility index (Phi) is 4.08. The van der Waals surface area contributed by atoms with Gasteiger partial charge in [-0.1, -0.05) is 30.6 Å². The second kappa shape index (κ2) is 6.45. The minimum atomic E-state index is -0.0810. The van der Waals surface area contributed by atoms with Gasteiger partial charge in [-0.3, -0.25) is 4.79 Å². The molecular formula is C17H19BrN6OS. The van der Waals surface area contributed by atoms with Crippen LogP contribution in [0.15, 0.2) is 21.0 Å². The third kappa shape index (κ3) is 2.77. The van der Waals surface area contributed by atoms with Gasteiger partial charge in [0.1, 0.15) is 11.2 Å². The molecule has 3 aromatic heterocycles. The number of aromatic nitrogens is 5. The predicted octanol–water partition coefficient (Wildman–Crippen LogP) is 3.45. The Bertz CT molecular complexity index is 998. The fourth-order valence-electron chi connectivity index (χ4n) is 3.94. The predicted molar refractivity (Wildman–Crippen MR) is 105 cm³/mol. The average Bonchev–Trinajstić information content (AvgIpc) is 3.21. The molecule has 1 saturated carbocycles. The molecule has 0 aromatic carbocycles. The molecule has 9 heteroatoms. The van der Waals surface area contributed by atoms with Crippen LogP contribution in [0.5, 0.6) is 0 Å². The van der Waals surface area contributed by atoms with E-state index in [4.69, 9.17) is 4.98 Å². The molecule has 2 aliphatic rings. The Morgan fingerprint density at radius 2 is 2.00 bits per heavy atom. The molecule has 0 amide bonds. The highest BCUT2D eigenvalue weighted by molar-refractivity contribution is 9.11. The van der Waals surface area contributed by atoms with Gasteiger partial charge in [0.15, 0.2) is 10.8 Å². The number of hydrogen-bond acceptors (Lipinski definition) is 6. The van der Waals surface area contributed by atoms with Crippen molar-refractivity contribution in [3.8, 4) is 0 Å². The van der Waals surface area contributed by atoms with E-state index < -0.39 is 0 Å². The first kappa shape index (κ1) is 16.4. The number of nitrogens with zero attached hydrogens (tertiary/aromatic N) is 5. The molecule has 2 fully saturated rings. The molecule has 0 spiro atoms. The van der Waals surface area contributed by atoms with Gasteiger partial charge in [-0.15, -0.1) is 0 Å². The van der Waals surface area contributed by atoms with E-state index in [0.29, 0.717) is 11.4 Å². The summed E-state index contributed by atoms with van der Waals surface area (Å²) in [7, 11) is 0. The van der Waals surface area contributed by atoms with Gasteiger partial charge in [0, 0.05) is 13.1 Å². The van der Waals surface area contributed by atoms with Crippen LogP contribution in [0.4, 0.5) is 5.13 Å². The summed E-state index contributed by atoms with van der Waals surface area (Å²) < 4.78 is 3.02. The van der Waals surface area contributed by atoms with E-state index in [0.717, 1.165) is 46.3 Å². The van der Waals surface area contributed by atoms with Gasteiger partial charge < -0.3 is 9.88 Å². The average molecular weight is 435 g/mol. The van der Waals surface area contributed by atoms with Gasteiger partial charge in [0.05, 0.1) is 28.1 Å². The molecule has 1 aliphatic carbocycles. The standard InChI is InChI=1S/C17H19BrN6OS/c18-13-7-19-17(26-13)23-8-10(9-23)14-21-15-12(16(25)22-14)6-20-24(15)11-4-2-1-3-5-11/h6-7,10-11H,1-5,8-9H2,(H,21,22,25). The molecule has 1 aliphatic heterocycles. The van der Waals surface area contributed by atoms with Crippen LogP contribution in [0.1, 0.15) is 49.9 Å². The van der Waals surface area contributed by atoms with E-state index in [9.17, 15) is 4.79 Å². The van der Waals surface area contributed by atoms with Gasteiger partial charge in [-0.25, -0.2) is 14.6 Å². The number of halogens is 1. The third-order valence-electron chi connectivity index (χ3n) is 5.41. The van der Waals surface area contributed by atoms with Gasteiger partial charge in [-0.05, 0) is 28.8 Å². The van der Waals surface area contributed by atoms with Crippen LogP contribution in [0.25, 0.3) is 11.0 Å². The van der Waals surface area contributed by atoms with Crippen molar-refractivity contribution in [2.45, 2.75) is 44.1 Å². The summed E-state index contributed by atoms with van der Waals surface area (Å²) in [5, 5.41) is 6.10. The summed E-state index contributed by atoms with van der Waals surface area (Å²) in [5.74, 6) is 0.997. The molecular weight excluding hydrogens is 416 g/mol. The van der Waals surface area contributed by atoms with Gasteiger partial charge in [-0.2, -0.15) is 5.10 Å². The molecule has 4 heterocycles. The van der Waals surface area contributed by atoms with Crippen molar-refractivity contribution in [1.82, 2.24) is 24.7 Å². The Balaban J connectivity index is 1.43. The zero-order valence-electron chi connectivity index (χ0n) is 14.2. The molecule has 136 valence electrons. The molecule has 3 aromatic rings. The van der Waals surface area contributed by atoms with Crippen molar-refractivity contribution >= 4 is 43.4 Å². The minimum Gasteiger partial charge on any atom is -0.346 e. The molecule has 7 nitrogen and oxygen atoms in total. The summed E-state index contributed by atoms with van der Waals surface area (Å²) >= 11 is 5.07. The highest BCUT2D eigenvalue weighted by Gasteiger charge is 2.32. The number of nitrogens with one attached hydrogen (secondary N) is 1. The van der Waals surface area contributed by atoms with Gasteiger partial charge >= 0.3 is 0 Å². The van der Waals surface area contributed by atoms with Crippen molar-refractivity contribution in [3.05, 3.63) is 32.4 Å². The molecule has 26 heavy (non-hydrogen) atoms. The number of fused-ring (bicyclic) bond motifs is 1. The van der Waals surface area contributed by atoms with Gasteiger partial charge in [0.25, 0.3) is 5.56 Å². The highest BCUT2D eigenvalue weighted by atomic mass is 79.9. The van der Waals surface area contributed by atoms with Crippen LogP contribution < -0.4 is 10.5 Å². The van der Waals surface area contributed by atoms with E-state index in [1.165, 1.54) is 19.3 Å². The molecule has 0 atom stereocenters. The van der Waals surface area contributed by atoms with E-state index in [1.54, 1.807) is 17.5 Å². The largest absolute Gasteiger partial charge is 0.346 e. The third-order valence-corrected chi connectivity index (χ3v) is 6.94. The Morgan fingerprint density at radius 1 is 1.19 bits per heavy atom. The first-order valence-corrected chi connectivity index (χ1v) is 10.6. The quantitative estimate of drug-likeness (QED) is 0.682. The number of rotatable bonds is 3. The maximum atomic E-state index is 12.5. The summed E-state index contributed by atoms with van der Waals surface area (Å²) in [6.07, 6.45) is 9.47. The number of aromatic amines is 1. The van der Waals surface area contributed by atoms with Crippen molar-refractivity contribution in [3.63, 3.8) is 0 Å². The minimum absolute atomic E-state index is 0.0810. The van der Waals surface area contributed by atoms with Crippen molar-refractivity contribution in [2.75, 3.05) is 18.0 Å². The zero-order valence-corrected chi connectivity index (χ0v) is 16.6. The molecule has 5 rings (SSSR count). The van der Waals surface area contributed by atoms with Crippen molar-refractivity contribution < 1.29 is 0 Å². The molecule has 0 bridgehead atoms. The summed E-state index contributed by atoms with van der Waals surface area (Å²) in [4.78, 5) is 26.9. The number of H-pyrrole nitrogens is 1. The van der Waals surface area contributed by atoms with Crippen LogP contribution in [0.3, 0.4) is 0 Å². The Morgan fingerprint density at radius 3 is 2.73 bits per heavy atom. The van der Waals surface area contributed by atoms with Crippen molar-refractivity contribution in [2.24, 2.45) is 0 Å². The number of hydrogen-bond donors (Lipinski definition) is 1. The summed E-state index contributed by atoms with van der Waals surface area (Å²) in [6.45, 7) is 1.65. The summed E-state index contributed by atoms with van der Waals surface area (Å²) in [5.41, 5.74) is 0.661. The summed E-state index contributed by atoms with van der Waals surface area (Å²) in [6, 6.07) is 0.369. The van der Waals surface area contributed by atoms with Crippen LogP contribution in [0.2, 0.25) is 0 Å². The first-order valence-electron chi connectivity index (χ1n) is 9.03. The zero-order chi connectivity index (χ0) is 17.7. The smallest absolute Gasteiger partial charge is 0.262 e. The fraction of sp³-hybridized carbons (Fsp3) is 0.529. The monoisotopic (exact) mass is 434 g/mol. The second-order valence-corrected chi connectivity index (χ2v) is 9.51. The molecule has 1 saturated heterocycles. The Labute approximate surface area is 162 Å². The van der Waals surface area contributed by atoms with E-state index >= 15 is 0 Å². The van der Waals surface area contributed by atoms with E-state index in [1.807, 2.05) is 10.9 Å². The van der Waals surface area contributed by atoms with Crippen LogP contribution in [-0.4, -0.2) is 37.8 Å². The molecule has 0 unspecified atom stereocenters. The van der Waals surface area contributed by atoms with Crippen LogP contribution in [0, 0.1) is 0 Å². The fourth-order valence-corrected chi connectivity index (χ4v) is 5.14. The first-order chi connectivity index (χ1) is 12.7. The van der Waals surface area contributed by atoms with Gasteiger partial charge in [0.2, 0.25) is 0 Å². The SMILES string of the molecule is O=c1[nH]c(C2CN(c3ncc(Br)s3)C2)nc2c1cnn2C1CCCCC1. The lowest BCUT2D eigenvalue weighted by Gasteiger charge is -2.38. The van der Waals surface area contributed by atoms with E-state index in [2.05, 4.69) is 35.9 Å². The highest BCUT2D eigenvalue weighted by Crippen LogP contribution is 2.35. The lowest BCUT2D eigenvalue weighted by Crippen LogP contribution is -2.46. The lowest BCUT2D eigenvalue weighted by molar-refractivity contribution is 0.335. The lowest BCUT2D eigenvalue weighted by atomic mass is 9.96. The maximum absolute atomic E-state index is 12.5. The van der Waals surface area contributed by atoms with Crippen LogP contribution in [-0.2, 0) is 0 Å². The van der Waals surface area contributed by atoms with E-state index in [-0.39, 0.29) is 11.5 Å². The van der Waals surface area contributed by atoms with Crippen molar-refractivity contribution in [1.29, 1.82) is 0 Å². The maximum Gasteiger partial charge on any atom is 0.262 e. The Hall–Kier alpha value is -1.74. The van der Waals surface area contributed by atoms with Crippen LogP contribution >= 0.6 is 27.3 Å². The second-order valence-electron chi connectivity index (χ2n) is 7.12. The number of anilines is 1.